The number of aliphatic hydroxyl groups excluding tert-OH is 1. The van der Waals surface area contributed by atoms with Gasteiger partial charge in [0.2, 0.25) is 0 Å². The average molecular weight is 1370 g/mol. The standard InChI is InChI=1S/C74H144O17P2/c1-6-10-13-16-18-20-22-24-25-26-27-28-29-30-31-32-33-35-41-45-50-55-60-74(79)91-70(64-85-72(77)58-53-48-43-39-37-36-38-42-47-51-56-67(5)9-4)66-89-93(82,83)87-62-68(75)61-86-92(80,81)88-65-69(63-84-71(76)57-52-46-15-12-8-3)90-73(78)59-54-49-44-40-34-23-21-19-17-14-11-7-2/h67-70,75H,6-66H2,1-5H3,(H,80,81)(H,82,83)/t67?,68-,69+,70+/m0/s1. The van der Waals surface area contributed by atoms with Crippen LogP contribution in [-0.2, 0) is 65.4 Å². The topological polar surface area (TPSA) is 237 Å². The van der Waals surface area contributed by atoms with Crippen LogP contribution in [0.25, 0.3) is 0 Å². The van der Waals surface area contributed by atoms with Crippen LogP contribution in [-0.4, -0.2) is 96.7 Å². The molecule has 3 N–H and O–H groups in total. The van der Waals surface area contributed by atoms with Gasteiger partial charge in [0.05, 0.1) is 26.4 Å². The Kier molecular flexibility index (Phi) is 65.9. The Balaban J connectivity index is 5.10. The van der Waals surface area contributed by atoms with E-state index in [0.717, 1.165) is 102 Å². The summed E-state index contributed by atoms with van der Waals surface area (Å²) in [4.78, 5) is 72.4. The maximum absolute atomic E-state index is 13.1. The van der Waals surface area contributed by atoms with E-state index >= 15 is 0 Å². The molecule has 0 fully saturated rings. The quantitative estimate of drug-likeness (QED) is 0.0222. The molecule has 0 saturated carbocycles. The van der Waals surface area contributed by atoms with Crippen LogP contribution < -0.4 is 0 Å². The predicted octanol–water partition coefficient (Wildman–Crippen LogP) is 21.7. The van der Waals surface area contributed by atoms with E-state index in [2.05, 4.69) is 34.6 Å². The summed E-state index contributed by atoms with van der Waals surface area (Å²) in [5.41, 5.74) is 0. The van der Waals surface area contributed by atoms with Crippen LogP contribution in [0.15, 0.2) is 0 Å². The van der Waals surface area contributed by atoms with Crippen molar-refractivity contribution >= 4 is 39.5 Å². The van der Waals surface area contributed by atoms with E-state index in [1.807, 2.05) is 0 Å². The maximum atomic E-state index is 13.1. The molecule has 3 unspecified atom stereocenters. The van der Waals surface area contributed by atoms with E-state index in [-0.39, 0.29) is 25.7 Å². The van der Waals surface area contributed by atoms with Crippen LogP contribution >= 0.6 is 15.6 Å². The second-order valence-corrected chi connectivity index (χ2v) is 29.8. The molecule has 0 spiro atoms. The molecule has 552 valence electrons. The molecule has 0 rings (SSSR count). The van der Waals surface area contributed by atoms with E-state index in [4.69, 9.17) is 37.0 Å². The molecule has 0 aliphatic rings. The molecule has 6 atom stereocenters. The summed E-state index contributed by atoms with van der Waals surface area (Å²) in [6.45, 7) is 7.21. The van der Waals surface area contributed by atoms with Gasteiger partial charge in [0, 0.05) is 25.7 Å². The van der Waals surface area contributed by atoms with Crippen LogP contribution in [0.5, 0.6) is 0 Å². The summed E-state index contributed by atoms with van der Waals surface area (Å²) in [5.74, 6) is -1.32. The minimum atomic E-state index is -4.95. The van der Waals surface area contributed by atoms with Gasteiger partial charge in [-0.2, -0.15) is 0 Å². The number of phosphoric ester groups is 2. The first-order valence-corrected chi connectivity index (χ1v) is 41.7. The van der Waals surface area contributed by atoms with Gasteiger partial charge in [0.1, 0.15) is 19.3 Å². The molecule has 17 nitrogen and oxygen atoms in total. The number of hydrogen-bond acceptors (Lipinski definition) is 15. The molecule has 0 aromatic carbocycles. The van der Waals surface area contributed by atoms with Crippen molar-refractivity contribution in [2.24, 2.45) is 5.92 Å². The summed E-state index contributed by atoms with van der Waals surface area (Å²) in [5, 5.41) is 10.6. The fourth-order valence-corrected chi connectivity index (χ4v) is 12.9. The van der Waals surface area contributed by atoms with Gasteiger partial charge < -0.3 is 33.8 Å². The van der Waals surface area contributed by atoms with Crippen molar-refractivity contribution in [1.29, 1.82) is 0 Å². The summed E-state index contributed by atoms with van der Waals surface area (Å²) < 4.78 is 68.2. The highest BCUT2D eigenvalue weighted by Gasteiger charge is 2.30. The van der Waals surface area contributed by atoms with Crippen molar-refractivity contribution in [3.8, 4) is 0 Å². The van der Waals surface area contributed by atoms with Crippen LogP contribution in [0.3, 0.4) is 0 Å². The zero-order valence-electron chi connectivity index (χ0n) is 60.4. The fourth-order valence-electron chi connectivity index (χ4n) is 11.3. The molecule has 0 aromatic rings. The third-order valence-corrected chi connectivity index (χ3v) is 19.5. The van der Waals surface area contributed by atoms with Crippen molar-refractivity contribution in [3.63, 3.8) is 0 Å². The molecule has 0 radical (unpaired) electrons. The van der Waals surface area contributed by atoms with Crippen molar-refractivity contribution in [2.75, 3.05) is 39.6 Å². The minimum absolute atomic E-state index is 0.107. The zero-order chi connectivity index (χ0) is 68.4. The highest BCUT2D eigenvalue weighted by molar-refractivity contribution is 7.47. The molecule has 0 heterocycles. The van der Waals surface area contributed by atoms with Gasteiger partial charge in [0.15, 0.2) is 12.2 Å². The van der Waals surface area contributed by atoms with Gasteiger partial charge in [0.25, 0.3) is 0 Å². The number of carbonyl (C=O) groups excluding carboxylic acids is 4. The lowest BCUT2D eigenvalue weighted by molar-refractivity contribution is -0.161. The Bertz CT molecular complexity index is 1790. The number of unbranched alkanes of at least 4 members (excludes halogenated alkanes) is 45. The molecular weight excluding hydrogens is 1220 g/mol. The van der Waals surface area contributed by atoms with E-state index in [1.54, 1.807) is 0 Å². The van der Waals surface area contributed by atoms with E-state index in [9.17, 15) is 43.2 Å². The number of aliphatic hydroxyl groups is 1. The van der Waals surface area contributed by atoms with Gasteiger partial charge in [-0.25, -0.2) is 9.13 Å². The number of ether oxygens (including phenoxy) is 4. The van der Waals surface area contributed by atoms with E-state index in [0.29, 0.717) is 25.7 Å². The van der Waals surface area contributed by atoms with Crippen molar-refractivity contribution < 1.29 is 80.2 Å². The number of esters is 4. The number of hydrogen-bond donors (Lipinski definition) is 3. The monoisotopic (exact) mass is 1370 g/mol. The maximum Gasteiger partial charge on any atom is 0.472 e. The number of carbonyl (C=O) groups is 4. The molecule has 0 bridgehead atoms. The molecule has 0 saturated heterocycles. The molecular formula is C74H144O17P2. The van der Waals surface area contributed by atoms with Gasteiger partial charge in [-0.1, -0.05) is 336 Å². The number of rotatable bonds is 74. The lowest BCUT2D eigenvalue weighted by Crippen LogP contribution is -2.30. The Morgan fingerprint density at radius 2 is 0.516 bits per heavy atom. The largest absolute Gasteiger partial charge is 0.472 e. The molecule has 0 aliphatic heterocycles. The van der Waals surface area contributed by atoms with Gasteiger partial charge >= 0.3 is 39.5 Å². The number of phosphoric acid groups is 2. The average Bonchev–Trinajstić information content (AvgIpc) is 2.45. The van der Waals surface area contributed by atoms with Gasteiger partial charge in [-0.3, -0.25) is 37.3 Å². The van der Waals surface area contributed by atoms with E-state index < -0.39 is 97.5 Å². The molecule has 93 heavy (non-hydrogen) atoms. The highest BCUT2D eigenvalue weighted by Crippen LogP contribution is 2.45. The third-order valence-electron chi connectivity index (χ3n) is 17.6. The molecule has 0 aliphatic carbocycles. The summed E-state index contributed by atoms with van der Waals surface area (Å²) in [6, 6.07) is 0. The first-order valence-electron chi connectivity index (χ1n) is 38.7. The smallest absolute Gasteiger partial charge is 0.462 e. The molecule has 0 amide bonds. The Labute approximate surface area is 568 Å². The van der Waals surface area contributed by atoms with Crippen LogP contribution in [0, 0.1) is 5.92 Å². The van der Waals surface area contributed by atoms with Crippen molar-refractivity contribution in [3.05, 3.63) is 0 Å². The third kappa shape index (κ3) is 67.0. The normalized spacial score (nSPS) is 14.3. The Morgan fingerprint density at radius 3 is 0.763 bits per heavy atom. The first kappa shape index (κ1) is 91.1. The van der Waals surface area contributed by atoms with Crippen molar-refractivity contribution in [1.82, 2.24) is 0 Å². The lowest BCUT2D eigenvalue weighted by atomic mass is 9.99. The fraction of sp³-hybridized carbons (Fsp3) is 0.946. The Hall–Kier alpha value is -1.94. The van der Waals surface area contributed by atoms with Crippen LogP contribution in [0.1, 0.15) is 388 Å². The summed E-state index contributed by atoms with van der Waals surface area (Å²) in [6.07, 6.45) is 56.0. The van der Waals surface area contributed by atoms with Crippen LogP contribution in [0.4, 0.5) is 0 Å². The SMILES string of the molecule is CCCCCCCCCCCCCCCCCCCCCCCCC(=O)O[C@H](COC(=O)CCCCCCCCCCCCC(C)CC)COP(=O)(O)OC[C@@H](O)COP(=O)(O)OC[C@@H](COC(=O)CCCCCCC)OC(=O)CCCCCCCCCCCCCC. The minimum Gasteiger partial charge on any atom is -0.462 e. The highest BCUT2D eigenvalue weighted by atomic mass is 31.2. The van der Waals surface area contributed by atoms with E-state index in [1.165, 1.54) is 205 Å². The zero-order valence-corrected chi connectivity index (χ0v) is 62.2. The summed E-state index contributed by atoms with van der Waals surface area (Å²) >= 11 is 0. The second kappa shape index (κ2) is 67.3. The first-order chi connectivity index (χ1) is 45.1. The molecule has 0 aromatic heterocycles. The van der Waals surface area contributed by atoms with Crippen molar-refractivity contribution in [2.45, 2.75) is 406 Å². The molecule has 19 heteroatoms. The van der Waals surface area contributed by atoms with Crippen LogP contribution in [0.2, 0.25) is 0 Å². The Morgan fingerprint density at radius 1 is 0.301 bits per heavy atom. The van der Waals surface area contributed by atoms with Gasteiger partial charge in [-0.15, -0.1) is 0 Å². The van der Waals surface area contributed by atoms with Gasteiger partial charge in [-0.05, 0) is 31.6 Å². The predicted molar refractivity (Wildman–Crippen MR) is 377 cm³/mol. The summed E-state index contributed by atoms with van der Waals surface area (Å²) in [7, 11) is -9.89. The second-order valence-electron chi connectivity index (χ2n) is 26.9. The lowest BCUT2D eigenvalue weighted by Gasteiger charge is -2.21.